The minimum absolute atomic E-state index is 0.229. The Hall–Kier alpha value is -1.89. The summed E-state index contributed by atoms with van der Waals surface area (Å²) in [4.78, 5) is 14.8. The molecule has 2 heterocycles. The fourth-order valence-electron chi connectivity index (χ4n) is 1.20. The molecular formula is C9H10N4O2S. The highest BCUT2D eigenvalue weighted by atomic mass is 32.1. The van der Waals surface area contributed by atoms with E-state index < -0.39 is 5.97 Å². The molecule has 7 heteroatoms. The van der Waals surface area contributed by atoms with Crippen molar-refractivity contribution in [2.75, 3.05) is 5.32 Å². The number of hydrogen-bond acceptors (Lipinski definition) is 5. The third-order valence-corrected chi connectivity index (χ3v) is 3.00. The summed E-state index contributed by atoms with van der Waals surface area (Å²) in [6, 6.07) is 1.89. The molecule has 0 bridgehead atoms. The van der Waals surface area contributed by atoms with Crippen LogP contribution in [0.4, 0.5) is 5.13 Å². The normalized spacial score (nSPS) is 10.3. The van der Waals surface area contributed by atoms with Gasteiger partial charge >= 0.3 is 5.97 Å². The molecule has 0 saturated carbocycles. The second-order valence-electron chi connectivity index (χ2n) is 3.13. The molecule has 0 atom stereocenters. The van der Waals surface area contributed by atoms with Crippen LogP contribution in [0.25, 0.3) is 0 Å². The molecule has 0 saturated heterocycles. The average molecular weight is 238 g/mol. The Labute approximate surface area is 95.6 Å². The lowest BCUT2D eigenvalue weighted by molar-refractivity contribution is 0.0702. The molecule has 0 aromatic carbocycles. The van der Waals surface area contributed by atoms with Gasteiger partial charge < -0.3 is 10.4 Å². The second-order valence-corrected chi connectivity index (χ2v) is 4.17. The topological polar surface area (TPSA) is 80.0 Å². The van der Waals surface area contributed by atoms with E-state index in [1.165, 1.54) is 6.20 Å². The van der Waals surface area contributed by atoms with Gasteiger partial charge in [0.25, 0.3) is 0 Å². The van der Waals surface area contributed by atoms with E-state index in [1.54, 1.807) is 10.9 Å². The van der Waals surface area contributed by atoms with Crippen molar-refractivity contribution in [3.05, 3.63) is 29.0 Å². The number of carbonyl (C=O) groups is 1. The average Bonchev–Trinajstić information content (AvgIpc) is 2.83. The van der Waals surface area contributed by atoms with Gasteiger partial charge in [0.1, 0.15) is 4.88 Å². The number of thiazole rings is 1. The number of nitrogens with one attached hydrogen (secondary N) is 1. The lowest BCUT2D eigenvalue weighted by Gasteiger charge is -2.02. The first-order valence-electron chi connectivity index (χ1n) is 4.56. The highest BCUT2D eigenvalue weighted by Crippen LogP contribution is 2.18. The van der Waals surface area contributed by atoms with Gasteiger partial charge in [0, 0.05) is 13.2 Å². The molecular weight excluding hydrogens is 228 g/mol. The predicted molar refractivity (Wildman–Crippen MR) is 59.6 cm³/mol. The Morgan fingerprint density at radius 1 is 1.69 bits per heavy atom. The maximum atomic E-state index is 10.6. The van der Waals surface area contributed by atoms with E-state index in [2.05, 4.69) is 15.4 Å². The number of aryl methyl sites for hydroxylation is 1. The minimum Gasteiger partial charge on any atom is -0.477 e. The summed E-state index contributed by atoms with van der Waals surface area (Å²) in [5.74, 6) is -0.953. The van der Waals surface area contributed by atoms with Crippen LogP contribution in [0.1, 0.15) is 15.4 Å². The lowest BCUT2D eigenvalue weighted by Crippen LogP contribution is -2.04. The fraction of sp³-hybridized carbons (Fsp3) is 0.222. The number of aromatic nitrogens is 3. The molecule has 0 amide bonds. The monoisotopic (exact) mass is 238 g/mol. The van der Waals surface area contributed by atoms with Crippen molar-refractivity contribution in [2.24, 2.45) is 7.05 Å². The lowest BCUT2D eigenvalue weighted by atomic mass is 10.4. The van der Waals surface area contributed by atoms with Gasteiger partial charge in [-0.25, -0.2) is 9.78 Å². The van der Waals surface area contributed by atoms with E-state index in [4.69, 9.17) is 5.11 Å². The molecule has 2 aromatic rings. The van der Waals surface area contributed by atoms with Crippen LogP contribution in [0, 0.1) is 0 Å². The minimum atomic E-state index is -0.953. The van der Waals surface area contributed by atoms with Crippen molar-refractivity contribution >= 4 is 22.4 Å². The maximum Gasteiger partial charge on any atom is 0.347 e. The summed E-state index contributed by atoms with van der Waals surface area (Å²) < 4.78 is 1.75. The van der Waals surface area contributed by atoms with E-state index >= 15 is 0 Å². The molecule has 16 heavy (non-hydrogen) atoms. The molecule has 2 rings (SSSR count). The third kappa shape index (κ3) is 2.19. The van der Waals surface area contributed by atoms with Crippen LogP contribution >= 0.6 is 11.3 Å². The van der Waals surface area contributed by atoms with Gasteiger partial charge in [0.05, 0.1) is 18.4 Å². The van der Waals surface area contributed by atoms with Gasteiger partial charge in [-0.3, -0.25) is 4.68 Å². The number of carboxylic acid groups (broad SMARTS) is 1. The zero-order chi connectivity index (χ0) is 11.5. The number of hydrogen-bond donors (Lipinski definition) is 2. The van der Waals surface area contributed by atoms with Gasteiger partial charge in [-0.1, -0.05) is 11.3 Å². The molecule has 0 aliphatic rings. The Balaban J connectivity index is 2.00. The number of aromatic carboxylic acids is 1. The Bertz CT molecular complexity index is 505. The van der Waals surface area contributed by atoms with Gasteiger partial charge in [-0.2, -0.15) is 5.10 Å². The van der Waals surface area contributed by atoms with Crippen molar-refractivity contribution in [3.8, 4) is 0 Å². The first-order chi connectivity index (χ1) is 7.66. The highest BCUT2D eigenvalue weighted by Gasteiger charge is 2.08. The first-order valence-corrected chi connectivity index (χ1v) is 5.38. The molecule has 2 aromatic heterocycles. The van der Waals surface area contributed by atoms with Gasteiger partial charge in [-0.15, -0.1) is 0 Å². The van der Waals surface area contributed by atoms with Gasteiger partial charge in [0.15, 0.2) is 5.13 Å². The number of rotatable bonds is 4. The zero-order valence-electron chi connectivity index (χ0n) is 8.54. The van der Waals surface area contributed by atoms with Crippen molar-refractivity contribution in [1.29, 1.82) is 0 Å². The highest BCUT2D eigenvalue weighted by molar-refractivity contribution is 7.17. The molecule has 0 aliphatic carbocycles. The summed E-state index contributed by atoms with van der Waals surface area (Å²) in [7, 11) is 1.85. The van der Waals surface area contributed by atoms with Crippen LogP contribution in [0.2, 0.25) is 0 Å². The van der Waals surface area contributed by atoms with E-state index in [1.807, 2.05) is 13.1 Å². The largest absolute Gasteiger partial charge is 0.477 e. The van der Waals surface area contributed by atoms with Crippen molar-refractivity contribution < 1.29 is 9.90 Å². The second kappa shape index (κ2) is 4.31. The van der Waals surface area contributed by atoms with Crippen LogP contribution in [-0.2, 0) is 13.6 Å². The number of nitrogens with zero attached hydrogens (tertiary/aromatic N) is 3. The number of carboxylic acids is 1. The molecule has 2 N–H and O–H groups in total. The number of anilines is 1. The first kappa shape index (κ1) is 10.6. The van der Waals surface area contributed by atoms with Crippen molar-refractivity contribution in [1.82, 2.24) is 14.8 Å². The molecule has 0 aliphatic heterocycles. The zero-order valence-corrected chi connectivity index (χ0v) is 9.36. The van der Waals surface area contributed by atoms with Gasteiger partial charge in [0.2, 0.25) is 0 Å². The molecule has 6 nitrogen and oxygen atoms in total. The van der Waals surface area contributed by atoms with E-state index in [0.717, 1.165) is 17.0 Å². The summed E-state index contributed by atoms with van der Waals surface area (Å²) in [6.07, 6.45) is 3.06. The summed E-state index contributed by atoms with van der Waals surface area (Å²) in [6.45, 7) is 0.572. The predicted octanol–water partition coefficient (Wildman–Crippen LogP) is 1.19. The smallest absolute Gasteiger partial charge is 0.347 e. The van der Waals surface area contributed by atoms with E-state index in [0.29, 0.717) is 11.7 Å². The van der Waals surface area contributed by atoms with Crippen molar-refractivity contribution in [3.63, 3.8) is 0 Å². The summed E-state index contributed by atoms with van der Waals surface area (Å²) in [5, 5.41) is 16.4. The van der Waals surface area contributed by atoms with Crippen molar-refractivity contribution in [2.45, 2.75) is 6.54 Å². The Kier molecular flexibility index (Phi) is 2.86. The Morgan fingerprint density at radius 2 is 2.50 bits per heavy atom. The molecule has 0 fully saturated rings. The van der Waals surface area contributed by atoms with Crippen LogP contribution in [-0.4, -0.2) is 25.8 Å². The molecule has 0 spiro atoms. The Morgan fingerprint density at radius 3 is 3.06 bits per heavy atom. The maximum absolute atomic E-state index is 10.6. The van der Waals surface area contributed by atoms with Crippen LogP contribution in [0.3, 0.4) is 0 Å². The molecule has 0 unspecified atom stereocenters. The fourth-order valence-corrected chi connectivity index (χ4v) is 1.85. The molecule has 84 valence electrons. The quantitative estimate of drug-likeness (QED) is 0.836. The third-order valence-electron chi connectivity index (χ3n) is 2.06. The standard InChI is InChI=1S/C9H10N4O2S/c1-13-6(2-3-12-13)4-10-9-11-5-7(16-9)8(14)15/h2-3,5H,4H2,1H3,(H,10,11)(H,14,15). The van der Waals surface area contributed by atoms with Crippen LogP contribution in [0.15, 0.2) is 18.5 Å². The summed E-state index contributed by atoms with van der Waals surface area (Å²) in [5.41, 5.74) is 1.01. The van der Waals surface area contributed by atoms with Crippen LogP contribution < -0.4 is 5.32 Å². The molecule has 0 radical (unpaired) electrons. The SMILES string of the molecule is Cn1nccc1CNc1ncc(C(=O)O)s1. The van der Waals surface area contributed by atoms with Gasteiger partial charge in [-0.05, 0) is 6.07 Å². The summed E-state index contributed by atoms with van der Waals surface area (Å²) >= 11 is 1.12. The van der Waals surface area contributed by atoms with E-state index in [-0.39, 0.29) is 4.88 Å². The van der Waals surface area contributed by atoms with Crippen LogP contribution in [0.5, 0.6) is 0 Å². The van der Waals surface area contributed by atoms with E-state index in [9.17, 15) is 4.79 Å².